The highest BCUT2D eigenvalue weighted by Crippen LogP contribution is 2.37. The Balaban J connectivity index is 1.56. The van der Waals surface area contributed by atoms with E-state index in [1.165, 1.54) is 19.1 Å². The molecular formula is C21H21NO6. The summed E-state index contributed by atoms with van der Waals surface area (Å²) in [6.45, 7) is 2.92. The van der Waals surface area contributed by atoms with Gasteiger partial charge in [-0.25, -0.2) is 0 Å². The highest BCUT2D eigenvalue weighted by Gasteiger charge is 2.21. The first-order valence-corrected chi connectivity index (χ1v) is 8.89. The van der Waals surface area contributed by atoms with Gasteiger partial charge in [0.15, 0.2) is 23.9 Å². The molecule has 0 unspecified atom stereocenters. The van der Waals surface area contributed by atoms with Crippen LogP contribution in [0.5, 0.6) is 11.5 Å². The van der Waals surface area contributed by atoms with Gasteiger partial charge in [-0.1, -0.05) is 37.3 Å². The lowest BCUT2D eigenvalue weighted by molar-refractivity contribution is -0.147. The normalized spacial score (nSPS) is 12.9. The molecule has 0 saturated carbocycles. The Kier molecular flexibility index (Phi) is 5.93. The van der Waals surface area contributed by atoms with Gasteiger partial charge in [0.1, 0.15) is 0 Å². The number of fused-ring (bicyclic) bond motifs is 1. The number of esters is 1. The summed E-state index contributed by atoms with van der Waals surface area (Å²) in [5.74, 6) is -0.373. The van der Waals surface area contributed by atoms with E-state index in [2.05, 4.69) is 5.32 Å². The van der Waals surface area contributed by atoms with E-state index in [1.54, 1.807) is 0 Å². The highest BCUT2D eigenvalue weighted by atomic mass is 16.7. The number of carbonyl (C=O) groups excluding carboxylic acids is 3. The fourth-order valence-electron chi connectivity index (χ4n) is 2.88. The smallest absolute Gasteiger partial charge is 0.306 e. The number of nitrogens with one attached hydrogen (secondary N) is 1. The third-order valence-corrected chi connectivity index (χ3v) is 4.37. The van der Waals surface area contributed by atoms with E-state index in [4.69, 9.17) is 14.2 Å². The maximum Gasteiger partial charge on any atom is 0.306 e. The largest absolute Gasteiger partial charge is 0.456 e. The van der Waals surface area contributed by atoms with Gasteiger partial charge in [0.05, 0.1) is 12.1 Å². The number of amides is 1. The van der Waals surface area contributed by atoms with Crippen molar-refractivity contribution in [2.24, 2.45) is 0 Å². The van der Waals surface area contributed by atoms with E-state index < -0.39 is 18.5 Å². The third kappa shape index (κ3) is 4.68. The van der Waals surface area contributed by atoms with E-state index in [-0.39, 0.29) is 30.6 Å². The van der Waals surface area contributed by atoms with Gasteiger partial charge in [-0.15, -0.1) is 0 Å². The van der Waals surface area contributed by atoms with Crippen LogP contribution in [0.1, 0.15) is 42.1 Å². The van der Waals surface area contributed by atoms with Crippen LogP contribution in [-0.4, -0.2) is 31.1 Å². The molecule has 3 rings (SSSR count). The number of carbonyl (C=O) groups is 3. The van der Waals surface area contributed by atoms with Gasteiger partial charge in [0.25, 0.3) is 5.91 Å². The predicted octanol–water partition coefficient (Wildman–Crippen LogP) is 3.29. The molecule has 1 heterocycles. The van der Waals surface area contributed by atoms with Crippen LogP contribution < -0.4 is 14.8 Å². The minimum atomic E-state index is -0.540. The van der Waals surface area contributed by atoms with Crippen molar-refractivity contribution < 1.29 is 28.6 Å². The van der Waals surface area contributed by atoms with Crippen molar-refractivity contribution in [1.29, 1.82) is 0 Å². The number of anilines is 1. The van der Waals surface area contributed by atoms with Crippen molar-refractivity contribution in [3.05, 3.63) is 53.6 Å². The standard InChI is InChI=1S/C21H21NO6/c1-13(15-6-4-3-5-7-15)8-21(25)26-11-20(24)22-17-10-19-18(27-12-28-19)9-16(17)14(2)23/h3-7,9-10,13H,8,11-12H2,1-2H3,(H,22,24)/t13-/m0/s1. The number of Topliss-reactive ketones (excluding diaryl/α,β-unsaturated/α-hetero) is 1. The molecule has 0 bridgehead atoms. The van der Waals surface area contributed by atoms with Crippen molar-refractivity contribution in [2.75, 3.05) is 18.7 Å². The summed E-state index contributed by atoms with van der Waals surface area (Å²) < 4.78 is 15.6. The van der Waals surface area contributed by atoms with Gasteiger partial charge < -0.3 is 19.5 Å². The average molecular weight is 383 g/mol. The van der Waals surface area contributed by atoms with Crippen molar-refractivity contribution in [2.45, 2.75) is 26.2 Å². The van der Waals surface area contributed by atoms with Crippen LogP contribution in [-0.2, 0) is 14.3 Å². The van der Waals surface area contributed by atoms with Crippen molar-refractivity contribution >= 4 is 23.3 Å². The quantitative estimate of drug-likeness (QED) is 0.583. The molecule has 1 amide bonds. The summed E-state index contributed by atoms with van der Waals surface area (Å²) in [6, 6.07) is 12.6. The minimum Gasteiger partial charge on any atom is -0.456 e. The van der Waals surface area contributed by atoms with Crippen molar-refractivity contribution in [1.82, 2.24) is 0 Å². The summed E-state index contributed by atoms with van der Waals surface area (Å²) >= 11 is 0. The maximum atomic E-state index is 12.2. The molecule has 7 heteroatoms. The van der Waals surface area contributed by atoms with Gasteiger partial charge in [-0.2, -0.15) is 0 Å². The van der Waals surface area contributed by atoms with Crippen LogP contribution in [0.2, 0.25) is 0 Å². The maximum absolute atomic E-state index is 12.2. The Morgan fingerprint density at radius 1 is 1.11 bits per heavy atom. The molecular weight excluding hydrogens is 362 g/mol. The van der Waals surface area contributed by atoms with Crippen LogP contribution in [0.15, 0.2) is 42.5 Å². The van der Waals surface area contributed by atoms with Crippen LogP contribution in [0.4, 0.5) is 5.69 Å². The molecule has 0 aliphatic carbocycles. The first-order valence-electron chi connectivity index (χ1n) is 8.89. The van der Waals surface area contributed by atoms with Crippen molar-refractivity contribution in [3.8, 4) is 11.5 Å². The van der Waals surface area contributed by atoms with Gasteiger partial charge in [-0.05, 0) is 24.5 Å². The Bertz CT molecular complexity index is 893. The first-order chi connectivity index (χ1) is 13.4. The number of hydrogen-bond donors (Lipinski definition) is 1. The lowest BCUT2D eigenvalue weighted by Gasteiger charge is -2.13. The molecule has 0 aromatic heterocycles. The summed E-state index contributed by atoms with van der Waals surface area (Å²) in [5.41, 5.74) is 1.60. The van der Waals surface area contributed by atoms with E-state index in [0.717, 1.165) is 5.56 Å². The molecule has 7 nitrogen and oxygen atoms in total. The Hall–Kier alpha value is -3.35. The SMILES string of the molecule is CC(=O)c1cc2c(cc1NC(=O)COC(=O)C[C@H](C)c1ccccc1)OCO2. The Morgan fingerprint density at radius 2 is 1.79 bits per heavy atom. The Morgan fingerprint density at radius 3 is 2.46 bits per heavy atom. The zero-order valence-corrected chi connectivity index (χ0v) is 15.7. The fourth-order valence-corrected chi connectivity index (χ4v) is 2.88. The Labute approximate surface area is 162 Å². The molecule has 0 fully saturated rings. The molecule has 1 N–H and O–H groups in total. The topological polar surface area (TPSA) is 90.9 Å². The molecule has 1 aliphatic rings. The molecule has 146 valence electrons. The van der Waals surface area contributed by atoms with Crippen LogP contribution >= 0.6 is 0 Å². The zero-order valence-electron chi connectivity index (χ0n) is 15.7. The summed E-state index contributed by atoms with van der Waals surface area (Å²) in [4.78, 5) is 36.0. The van der Waals surface area contributed by atoms with E-state index in [1.807, 2.05) is 37.3 Å². The molecule has 1 aliphatic heterocycles. The summed E-state index contributed by atoms with van der Waals surface area (Å²) in [6.07, 6.45) is 0.167. The molecule has 0 saturated heterocycles. The monoisotopic (exact) mass is 383 g/mol. The van der Waals surface area contributed by atoms with Crippen molar-refractivity contribution in [3.63, 3.8) is 0 Å². The second-order valence-corrected chi connectivity index (χ2v) is 6.53. The number of ether oxygens (including phenoxy) is 3. The zero-order chi connectivity index (χ0) is 20.1. The minimum absolute atomic E-state index is 0.0186. The summed E-state index contributed by atoms with van der Waals surface area (Å²) in [5, 5.41) is 2.59. The van der Waals surface area contributed by atoms with Gasteiger partial charge in [-0.3, -0.25) is 14.4 Å². The van der Waals surface area contributed by atoms with Gasteiger partial charge in [0, 0.05) is 11.6 Å². The van der Waals surface area contributed by atoms with Crippen LogP contribution in [0, 0.1) is 0 Å². The first kappa shape index (κ1) is 19.4. The lowest BCUT2D eigenvalue weighted by Crippen LogP contribution is -2.22. The second-order valence-electron chi connectivity index (χ2n) is 6.53. The van der Waals surface area contributed by atoms with Crippen LogP contribution in [0.3, 0.4) is 0 Å². The van der Waals surface area contributed by atoms with Gasteiger partial charge in [0.2, 0.25) is 6.79 Å². The van der Waals surface area contributed by atoms with Crippen LogP contribution in [0.25, 0.3) is 0 Å². The molecule has 28 heavy (non-hydrogen) atoms. The number of rotatable bonds is 7. The summed E-state index contributed by atoms with van der Waals surface area (Å²) in [7, 11) is 0. The molecule has 1 atom stereocenters. The van der Waals surface area contributed by atoms with E-state index in [9.17, 15) is 14.4 Å². The number of hydrogen-bond acceptors (Lipinski definition) is 6. The molecule has 2 aromatic carbocycles. The second kappa shape index (κ2) is 8.56. The number of ketones is 1. The third-order valence-electron chi connectivity index (χ3n) is 4.37. The molecule has 0 radical (unpaired) electrons. The van der Waals surface area contributed by atoms with E-state index in [0.29, 0.717) is 17.1 Å². The fraction of sp³-hybridized carbons (Fsp3) is 0.286. The van der Waals surface area contributed by atoms with E-state index >= 15 is 0 Å². The number of benzene rings is 2. The molecule has 0 spiro atoms. The van der Waals surface area contributed by atoms with Gasteiger partial charge >= 0.3 is 5.97 Å². The highest BCUT2D eigenvalue weighted by molar-refractivity contribution is 6.05. The molecule has 2 aromatic rings. The predicted molar refractivity (Wildman–Crippen MR) is 102 cm³/mol. The lowest BCUT2D eigenvalue weighted by atomic mass is 9.98. The average Bonchev–Trinajstić information content (AvgIpc) is 3.13.